The Morgan fingerprint density at radius 3 is 2.62 bits per heavy atom. The molecule has 0 saturated carbocycles. The average molecular weight is 390 g/mol. The molecule has 0 bridgehead atoms. The fourth-order valence-corrected chi connectivity index (χ4v) is 4.52. The van der Waals surface area contributed by atoms with Crippen LogP contribution in [0, 0.1) is 0 Å². The Balaban J connectivity index is 1.63. The van der Waals surface area contributed by atoms with Gasteiger partial charge in [-0.3, -0.25) is 4.79 Å². The highest BCUT2D eigenvalue weighted by molar-refractivity contribution is 5.97. The van der Waals surface area contributed by atoms with Gasteiger partial charge in [0, 0.05) is 31.1 Å². The van der Waals surface area contributed by atoms with Crippen LogP contribution in [0.2, 0.25) is 0 Å². The number of fused-ring (bicyclic) bond motifs is 1. The number of carbonyl (C=O) groups excluding carboxylic acids is 1. The molecule has 1 fully saturated rings. The fourth-order valence-electron chi connectivity index (χ4n) is 4.52. The molecule has 0 radical (unpaired) electrons. The molecule has 0 N–H and O–H groups in total. The number of aromatic nitrogens is 2. The van der Waals surface area contributed by atoms with Gasteiger partial charge in [0.2, 0.25) is 5.91 Å². The third kappa shape index (κ3) is 3.93. The van der Waals surface area contributed by atoms with Gasteiger partial charge in [-0.2, -0.15) is 0 Å². The summed E-state index contributed by atoms with van der Waals surface area (Å²) in [5.74, 6) is 1.43. The van der Waals surface area contributed by atoms with E-state index < -0.39 is 0 Å². The number of para-hydroxylation sites is 3. The smallest absolute Gasteiger partial charge is 0.227 e. The van der Waals surface area contributed by atoms with Crippen LogP contribution in [0.3, 0.4) is 0 Å². The Labute approximate surface area is 173 Å². The molecule has 4 nitrogen and oxygen atoms in total. The minimum Gasteiger partial charge on any atom is -0.328 e. The zero-order valence-corrected chi connectivity index (χ0v) is 17.6. The Hall–Kier alpha value is -2.62. The van der Waals surface area contributed by atoms with E-state index in [1.165, 1.54) is 30.3 Å². The number of imidazole rings is 1. The van der Waals surface area contributed by atoms with Crippen LogP contribution in [0.25, 0.3) is 11.0 Å². The van der Waals surface area contributed by atoms with E-state index in [1.807, 2.05) is 17.0 Å². The van der Waals surface area contributed by atoms with Crippen molar-refractivity contribution in [3.8, 4) is 0 Å². The molecule has 0 spiro atoms. The maximum Gasteiger partial charge on any atom is 0.227 e. The van der Waals surface area contributed by atoms with E-state index in [0.29, 0.717) is 13.0 Å². The van der Waals surface area contributed by atoms with Crippen LogP contribution in [0.15, 0.2) is 48.5 Å². The molecule has 0 unspecified atom stereocenters. The Bertz CT molecular complexity index is 991. The molecule has 0 aliphatic carbocycles. The van der Waals surface area contributed by atoms with Crippen molar-refractivity contribution in [3.05, 3.63) is 59.9 Å². The number of hydrogen-bond donors (Lipinski definition) is 0. The Morgan fingerprint density at radius 1 is 1.00 bits per heavy atom. The lowest BCUT2D eigenvalue weighted by atomic mass is 10.1. The van der Waals surface area contributed by atoms with Crippen molar-refractivity contribution in [2.75, 3.05) is 11.4 Å². The number of amides is 1. The minimum absolute atomic E-state index is 0.144. The number of benzene rings is 2. The Morgan fingerprint density at radius 2 is 1.79 bits per heavy atom. The molecule has 1 aliphatic rings. The maximum absolute atomic E-state index is 12.9. The molecule has 1 aliphatic heterocycles. The molecule has 1 aromatic heterocycles. The third-order valence-corrected chi connectivity index (χ3v) is 6.07. The number of nitrogens with zero attached hydrogens (tertiary/aromatic N) is 3. The van der Waals surface area contributed by atoms with Crippen molar-refractivity contribution >= 4 is 22.6 Å². The van der Waals surface area contributed by atoms with Crippen LogP contribution in [0.5, 0.6) is 0 Å². The molecule has 3 aromatic rings. The predicted octanol–water partition coefficient (Wildman–Crippen LogP) is 5.70. The summed E-state index contributed by atoms with van der Waals surface area (Å²) < 4.78 is 2.37. The van der Waals surface area contributed by atoms with Gasteiger partial charge in [-0.25, -0.2) is 4.98 Å². The van der Waals surface area contributed by atoms with Gasteiger partial charge >= 0.3 is 0 Å². The van der Waals surface area contributed by atoms with E-state index in [1.54, 1.807) is 0 Å². The van der Waals surface area contributed by atoms with Crippen LogP contribution in [0.1, 0.15) is 63.3 Å². The second-order valence-corrected chi connectivity index (χ2v) is 8.06. The van der Waals surface area contributed by atoms with Crippen molar-refractivity contribution in [2.24, 2.45) is 0 Å². The largest absolute Gasteiger partial charge is 0.328 e. The van der Waals surface area contributed by atoms with Crippen LogP contribution in [0.4, 0.5) is 5.69 Å². The van der Waals surface area contributed by atoms with Gasteiger partial charge in [0.15, 0.2) is 0 Å². The number of carbonyl (C=O) groups is 1. The summed E-state index contributed by atoms with van der Waals surface area (Å²) in [4.78, 5) is 19.9. The second kappa shape index (κ2) is 8.81. The van der Waals surface area contributed by atoms with Gasteiger partial charge in [-0.05, 0) is 36.6 Å². The third-order valence-electron chi connectivity index (χ3n) is 6.07. The first-order valence-corrected chi connectivity index (χ1v) is 11.1. The lowest BCUT2D eigenvalue weighted by molar-refractivity contribution is -0.117. The van der Waals surface area contributed by atoms with E-state index in [2.05, 4.69) is 54.8 Å². The summed E-state index contributed by atoms with van der Waals surface area (Å²) in [5.41, 5.74) is 4.53. The molecule has 4 heteroatoms. The standard InChI is InChI=1S/C25H31N3O/c1-3-5-6-11-16-27-23-15-10-8-13-21(23)26-25(27)20-17-24(29)28(18-20)22-14-9-7-12-19(22)4-2/h7-10,12-15,20H,3-6,11,16-18H2,1-2H3/t20-/m0/s1. The molecular formula is C25H31N3O. The molecular weight excluding hydrogens is 358 g/mol. The van der Waals surface area contributed by atoms with E-state index in [-0.39, 0.29) is 11.8 Å². The van der Waals surface area contributed by atoms with Gasteiger partial charge in [-0.1, -0.05) is 63.4 Å². The van der Waals surface area contributed by atoms with Gasteiger partial charge in [0.25, 0.3) is 0 Å². The normalized spacial score (nSPS) is 16.8. The summed E-state index contributed by atoms with van der Waals surface area (Å²) in [7, 11) is 0. The molecule has 29 heavy (non-hydrogen) atoms. The van der Waals surface area contributed by atoms with E-state index >= 15 is 0 Å². The van der Waals surface area contributed by atoms with E-state index in [4.69, 9.17) is 4.98 Å². The zero-order valence-electron chi connectivity index (χ0n) is 17.6. The average Bonchev–Trinajstić information content (AvgIpc) is 3.31. The number of rotatable bonds is 8. The van der Waals surface area contributed by atoms with Crippen LogP contribution in [-0.4, -0.2) is 22.0 Å². The number of aryl methyl sites for hydroxylation is 2. The first kappa shape index (κ1) is 19.7. The summed E-state index contributed by atoms with van der Waals surface area (Å²) >= 11 is 0. The first-order chi connectivity index (χ1) is 14.2. The zero-order chi connectivity index (χ0) is 20.2. The monoisotopic (exact) mass is 389 g/mol. The summed E-state index contributed by atoms with van der Waals surface area (Å²) in [6.07, 6.45) is 6.37. The predicted molar refractivity (Wildman–Crippen MR) is 119 cm³/mol. The maximum atomic E-state index is 12.9. The van der Waals surface area contributed by atoms with Crippen molar-refractivity contribution in [3.63, 3.8) is 0 Å². The molecule has 4 rings (SSSR count). The van der Waals surface area contributed by atoms with Crippen LogP contribution < -0.4 is 4.90 Å². The molecule has 1 amide bonds. The van der Waals surface area contributed by atoms with Gasteiger partial charge < -0.3 is 9.47 Å². The summed E-state index contributed by atoms with van der Waals surface area (Å²) in [6.45, 7) is 6.08. The van der Waals surface area contributed by atoms with Crippen molar-refractivity contribution in [1.82, 2.24) is 9.55 Å². The SMILES string of the molecule is CCCCCCn1c([C@H]2CC(=O)N(c3ccccc3CC)C2)nc2ccccc21. The molecule has 1 saturated heterocycles. The number of anilines is 1. The number of hydrogen-bond acceptors (Lipinski definition) is 2. The summed E-state index contributed by atoms with van der Waals surface area (Å²) in [5, 5.41) is 0. The van der Waals surface area contributed by atoms with E-state index in [0.717, 1.165) is 36.4 Å². The molecule has 152 valence electrons. The second-order valence-electron chi connectivity index (χ2n) is 8.06. The van der Waals surface area contributed by atoms with E-state index in [9.17, 15) is 4.79 Å². The lowest BCUT2D eigenvalue weighted by Gasteiger charge is -2.20. The van der Waals surface area contributed by atoms with Crippen molar-refractivity contribution in [2.45, 2.75) is 64.8 Å². The topological polar surface area (TPSA) is 38.1 Å². The minimum atomic E-state index is 0.144. The quantitative estimate of drug-likeness (QED) is 0.464. The lowest BCUT2D eigenvalue weighted by Crippen LogP contribution is -2.25. The van der Waals surface area contributed by atoms with Crippen LogP contribution >= 0.6 is 0 Å². The molecule has 2 heterocycles. The van der Waals surface area contributed by atoms with Gasteiger partial charge in [0.1, 0.15) is 5.82 Å². The molecule has 2 aromatic carbocycles. The highest BCUT2D eigenvalue weighted by Crippen LogP contribution is 2.34. The molecule has 1 atom stereocenters. The highest BCUT2D eigenvalue weighted by atomic mass is 16.2. The van der Waals surface area contributed by atoms with Gasteiger partial charge in [-0.15, -0.1) is 0 Å². The van der Waals surface area contributed by atoms with Crippen molar-refractivity contribution < 1.29 is 4.79 Å². The van der Waals surface area contributed by atoms with Crippen LogP contribution in [-0.2, 0) is 17.8 Å². The Kier molecular flexibility index (Phi) is 5.98. The summed E-state index contributed by atoms with van der Waals surface area (Å²) in [6, 6.07) is 16.7. The first-order valence-electron chi connectivity index (χ1n) is 11.1. The number of unbranched alkanes of at least 4 members (excludes halogenated alkanes) is 3. The van der Waals surface area contributed by atoms with Gasteiger partial charge in [0.05, 0.1) is 11.0 Å². The highest BCUT2D eigenvalue weighted by Gasteiger charge is 2.35. The van der Waals surface area contributed by atoms with Crippen molar-refractivity contribution in [1.29, 1.82) is 0 Å². The fraction of sp³-hybridized carbons (Fsp3) is 0.440.